The minimum absolute atomic E-state index is 0.121. The van der Waals surface area contributed by atoms with Crippen LogP contribution in [-0.4, -0.2) is 43.0 Å². The van der Waals surface area contributed by atoms with Gasteiger partial charge < -0.3 is 14.9 Å². The van der Waals surface area contributed by atoms with Gasteiger partial charge in [-0.2, -0.15) is 0 Å². The van der Waals surface area contributed by atoms with E-state index >= 15 is 0 Å². The minimum Gasteiger partial charge on any atom is -0.361 e. The number of aryl methyl sites for hydroxylation is 2. The van der Waals surface area contributed by atoms with Crippen LogP contribution in [0.2, 0.25) is 0 Å². The molecule has 0 spiro atoms. The van der Waals surface area contributed by atoms with Gasteiger partial charge in [-0.1, -0.05) is 24.3 Å². The molecule has 5 heterocycles. The molecule has 188 valence electrons. The topological polar surface area (TPSA) is 91.7 Å². The summed E-state index contributed by atoms with van der Waals surface area (Å²) in [6.07, 6.45) is 9.77. The fraction of sp³-hybridized carbons (Fsp3) is 0.241. The molecular weight excluding hydrogens is 462 g/mol. The smallest absolute Gasteiger partial charge is 0.274 e. The zero-order valence-corrected chi connectivity index (χ0v) is 21.3. The van der Waals surface area contributed by atoms with Gasteiger partial charge in [-0.15, -0.1) is 0 Å². The highest BCUT2D eigenvalue weighted by molar-refractivity contribution is 5.78. The highest BCUT2D eigenvalue weighted by Crippen LogP contribution is 2.31. The summed E-state index contributed by atoms with van der Waals surface area (Å²) in [4.78, 5) is 31.1. The summed E-state index contributed by atoms with van der Waals surface area (Å²) in [5.41, 5.74) is 4.49. The van der Waals surface area contributed by atoms with Crippen LogP contribution in [-0.2, 0) is 7.05 Å². The average molecular weight is 494 g/mol. The van der Waals surface area contributed by atoms with Gasteiger partial charge in [0.05, 0.1) is 5.69 Å². The first-order valence-corrected chi connectivity index (χ1v) is 12.4. The first-order chi connectivity index (χ1) is 18.0. The lowest BCUT2D eigenvalue weighted by atomic mass is 10.1. The maximum Gasteiger partial charge on any atom is 0.274 e. The molecule has 0 saturated carbocycles. The summed E-state index contributed by atoms with van der Waals surface area (Å²) in [5, 5.41) is 4.38. The van der Waals surface area contributed by atoms with Crippen molar-refractivity contribution in [1.29, 1.82) is 0 Å². The highest BCUT2D eigenvalue weighted by Gasteiger charge is 2.22. The lowest BCUT2D eigenvalue weighted by molar-refractivity contribution is 0.317. The molecule has 1 aromatic carbocycles. The first-order valence-electron chi connectivity index (χ1n) is 12.4. The lowest BCUT2D eigenvalue weighted by Gasteiger charge is -2.19. The number of benzene rings is 1. The van der Waals surface area contributed by atoms with Crippen LogP contribution in [0.15, 0.2) is 84.2 Å². The SMILES string of the molecule is Cc1nccc(Nc2cc(-c3ccc(C4CCCN4C)cn3)cn(C)c2=O)n1.c1ccc2[nH]ccc2c1. The number of aromatic nitrogens is 5. The molecule has 1 aliphatic heterocycles. The molecule has 1 unspecified atom stereocenters. The maximum atomic E-state index is 12.5. The van der Waals surface area contributed by atoms with Gasteiger partial charge in [-0.05, 0) is 74.6 Å². The van der Waals surface area contributed by atoms with Crippen molar-refractivity contribution in [1.82, 2.24) is 29.4 Å². The molecule has 2 N–H and O–H groups in total. The predicted molar refractivity (Wildman–Crippen MR) is 148 cm³/mol. The number of para-hydroxylation sites is 1. The van der Waals surface area contributed by atoms with E-state index in [1.54, 1.807) is 23.9 Å². The lowest BCUT2D eigenvalue weighted by Crippen LogP contribution is -2.20. The van der Waals surface area contributed by atoms with Crippen molar-refractivity contribution in [2.45, 2.75) is 25.8 Å². The van der Waals surface area contributed by atoms with Gasteiger partial charge in [-0.3, -0.25) is 14.7 Å². The number of nitrogens with one attached hydrogen (secondary N) is 2. The van der Waals surface area contributed by atoms with Gasteiger partial charge in [0.25, 0.3) is 5.56 Å². The largest absolute Gasteiger partial charge is 0.361 e. The van der Waals surface area contributed by atoms with E-state index in [1.807, 2.05) is 49.8 Å². The number of rotatable bonds is 4. The number of fused-ring (bicyclic) bond motifs is 1. The number of pyridine rings is 2. The molecule has 37 heavy (non-hydrogen) atoms. The van der Waals surface area contributed by atoms with Crippen molar-refractivity contribution in [3.63, 3.8) is 0 Å². The van der Waals surface area contributed by atoms with Crippen LogP contribution >= 0.6 is 0 Å². The summed E-state index contributed by atoms with van der Waals surface area (Å²) in [6, 6.07) is 18.5. The third-order valence-corrected chi connectivity index (χ3v) is 6.67. The molecule has 1 atom stereocenters. The molecule has 1 saturated heterocycles. The number of hydrogen-bond donors (Lipinski definition) is 2. The molecule has 0 amide bonds. The third kappa shape index (κ3) is 5.59. The van der Waals surface area contributed by atoms with Gasteiger partial charge in [0.15, 0.2) is 0 Å². The Morgan fingerprint density at radius 1 is 1.05 bits per heavy atom. The Kier molecular flexibility index (Phi) is 7.09. The van der Waals surface area contributed by atoms with Crippen molar-refractivity contribution in [3.8, 4) is 11.3 Å². The van der Waals surface area contributed by atoms with Crippen LogP contribution in [0.5, 0.6) is 0 Å². The quantitative estimate of drug-likeness (QED) is 0.357. The Labute approximate surface area is 216 Å². The Hall–Kier alpha value is -4.30. The molecule has 4 aromatic heterocycles. The Balaban J connectivity index is 0.000000260. The van der Waals surface area contributed by atoms with E-state index in [2.05, 4.69) is 61.5 Å². The van der Waals surface area contributed by atoms with Crippen LogP contribution in [0.25, 0.3) is 22.2 Å². The van der Waals surface area contributed by atoms with Gasteiger partial charge in [-0.25, -0.2) is 9.97 Å². The summed E-state index contributed by atoms with van der Waals surface area (Å²) in [5.74, 6) is 1.24. The first kappa shape index (κ1) is 24.4. The average Bonchev–Trinajstić information content (AvgIpc) is 3.56. The molecule has 5 aromatic rings. The van der Waals surface area contributed by atoms with Crippen LogP contribution in [0.1, 0.15) is 30.3 Å². The molecule has 6 rings (SSSR count). The summed E-state index contributed by atoms with van der Waals surface area (Å²) in [7, 11) is 3.90. The Morgan fingerprint density at radius 3 is 2.65 bits per heavy atom. The summed E-state index contributed by atoms with van der Waals surface area (Å²) in [6.45, 7) is 2.94. The Bertz CT molecular complexity index is 1520. The molecule has 8 heteroatoms. The van der Waals surface area contributed by atoms with Gasteiger partial charge >= 0.3 is 0 Å². The molecule has 1 aliphatic rings. The maximum absolute atomic E-state index is 12.5. The van der Waals surface area contributed by atoms with Crippen molar-refractivity contribution in [2.24, 2.45) is 7.05 Å². The molecule has 0 radical (unpaired) electrons. The van der Waals surface area contributed by atoms with Crippen molar-refractivity contribution in [2.75, 3.05) is 18.9 Å². The van der Waals surface area contributed by atoms with Crippen molar-refractivity contribution in [3.05, 3.63) is 101 Å². The second-order valence-electron chi connectivity index (χ2n) is 9.35. The number of H-pyrrole nitrogens is 1. The summed E-state index contributed by atoms with van der Waals surface area (Å²) >= 11 is 0. The normalized spacial score (nSPS) is 15.4. The monoisotopic (exact) mass is 493 g/mol. The standard InChI is InChI=1S/C21H24N6O.C8H7N/c1-14-22-9-8-20(24-14)25-18-11-16(13-27(3)21(18)28)17-7-6-15(12-23-17)19-5-4-10-26(19)2;1-2-4-8-7(3-1)5-6-9-8/h6-9,11-13,19H,4-5,10H2,1-3H3,(H,22,24,25);1-6,9H. The number of aromatic amines is 1. The van der Waals surface area contributed by atoms with Gasteiger partial charge in [0, 0.05) is 49.0 Å². The van der Waals surface area contributed by atoms with E-state index in [1.165, 1.54) is 29.3 Å². The molecule has 8 nitrogen and oxygen atoms in total. The number of nitrogens with zero attached hydrogens (tertiary/aromatic N) is 5. The number of anilines is 2. The van der Waals surface area contributed by atoms with Crippen molar-refractivity contribution >= 4 is 22.4 Å². The van der Waals surface area contributed by atoms with Crippen LogP contribution < -0.4 is 10.9 Å². The number of likely N-dealkylation sites (tertiary alicyclic amines) is 1. The Morgan fingerprint density at radius 2 is 1.92 bits per heavy atom. The fourth-order valence-electron chi connectivity index (χ4n) is 4.70. The van der Waals surface area contributed by atoms with Crippen LogP contribution in [0, 0.1) is 6.92 Å². The molecule has 0 bridgehead atoms. The van der Waals surface area contributed by atoms with Crippen molar-refractivity contribution < 1.29 is 0 Å². The highest BCUT2D eigenvalue weighted by atomic mass is 16.1. The van der Waals surface area contributed by atoms with E-state index in [9.17, 15) is 4.79 Å². The van der Waals surface area contributed by atoms with Gasteiger partial charge in [0.2, 0.25) is 0 Å². The second-order valence-corrected chi connectivity index (χ2v) is 9.35. The zero-order valence-electron chi connectivity index (χ0n) is 21.3. The molecule has 1 fully saturated rings. The van der Waals surface area contributed by atoms with E-state index in [-0.39, 0.29) is 5.56 Å². The van der Waals surface area contributed by atoms with Gasteiger partial charge in [0.1, 0.15) is 17.3 Å². The van der Waals surface area contributed by atoms with Crippen LogP contribution in [0.3, 0.4) is 0 Å². The predicted octanol–water partition coefficient (Wildman–Crippen LogP) is 5.22. The summed E-state index contributed by atoms with van der Waals surface area (Å²) < 4.78 is 1.56. The molecular formula is C29H31N7O. The number of hydrogen-bond acceptors (Lipinski definition) is 6. The third-order valence-electron chi connectivity index (χ3n) is 6.67. The zero-order chi connectivity index (χ0) is 25.8. The minimum atomic E-state index is -0.121. The van der Waals surface area contributed by atoms with E-state index in [4.69, 9.17) is 0 Å². The van der Waals surface area contributed by atoms with E-state index < -0.39 is 0 Å². The van der Waals surface area contributed by atoms with E-state index in [0.29, 0.717) is 23.4 Å². The molecule has 0 aliphatic carbocycles. The second kappa shape index (κ2) is 10.8. The van der Waals surface area contributed by atoms with E-state index in [0.717, 1.165) is 17.8 Å². The fourth-order valence-corrected chi connectivity index (χ4v) is 4.70. The van der Waals surface area contributed by atoms with Crippen LogP contribution in [0.4, 0.5) is 11.5 Å².